The summed E-state index contributed by atoms with van der Waals surface area (Å²) in [4.78, 5) is 24.7. The second kappa shape index (κ2) is 10.3. The highest BCUT2D eigenvalue weighted by Crippen LogP contribution is 2.06. The Morgan fingerprint density at radius 3 is 2.67 bits per heavy atom. The molecule has 2 aromatic rings. The van der Waals surface area contributed by atoms with E-state index in [1.165, 1.54) is 0 Å². The molecule has 1 aliphatic rings. The number of carbonyl (C=O) groups is 1. The molecule has 0 spiro atoms. The highest BCUT2D eigenvalue weighted by molar-refractivity contribution is 14.0. The Bertz CT molecular complexity index is 737. The van der Waals surface area contributed by atoms with Crippen molar-refractivity contribution in [3.05, 3.63) is 36.3 Å². The van der Waals surface area contributed by atoms with Crippen molar-refractivity contribution in [3.8, 4) is 0 Å². The number of nitrogens with zero attached hydrogens (tertiary/aromatic N) is 5. The molecule has 0 saturated carbocycles. The summed E-state index contributed by atoms with van der Waals surface area (Å²) in [7, 11) is 1.78. The number of pyridine rings is 1. The molecule has 1 fully saturated rings. The maximum Gasteiger partial charge on any atom is 0.409 e. The second-order valence-electron chi connectivity index (χ2n) is 6.10. The van der Waals surface area contributed by atoms with Gasteiger partial charge in [0.15, 0.2) is 5.96 Å². The summed E-state index contributed by atoms with van der Waals surface area (Å²) in [5, 5.41) is 3.39. The maximum atomic E-state index is 11.8. The lowest BCUT2D eigenvalue weighted by Crippen LogP contribution is -2.54. The summed E-state index contributed by atoms with van der Waals surface area (Å²) < 4.78 is 7.08. The van der Waals surface area contributed by atoms with E-state index in [0.717, 1.165) is 43.4 Å². The van der Waals surface area contributed by atoms with Crippen molar-refractivity contribution in [3.63, 3.8) is 0 Å². The van der Waals surface area contributed by atoms with E-state index < -0.39 is 0 Å². The number of aromatic nitrogens is 2. The molecule has 0 aromatic carbocycles. The Morgan fingerprint density at radius 1 is 1.26 bits per heavy atom. The summed E-state index contributed by atoms with van der Waals surface area (Å²) in [5.41, 5.74) is 2.01. The molecule has 0 radical (unpaired) electrons. The van der Waals surface area contributed by atoms with E-state index in [0.29, 0.717) is 19.7 Å². The predicted molar refractivity (Wildman–Crippen MR) is 116 cm³/mol. The van der Waals surface area contributed by atoms with Crippen molar-refractivity contribution in [2.45, 2.75) is 13.3 Å². The first-order valence-corrected chi connectivity index (χ1v) is 9.01. The monoisotopic (exact) mass is 486 g/mol. The lowest BCUT2D eigenvalue weighted by Gasteiger charge is -2.35. The lowest BCUT2D eigenvalue weighted by molar-refractivity contribution is 0.0915. The quantitative estimate of drug-likeness (QED) is 0.406. The zero-order chi connectivity index (χ0) is 18.4. The highest BCUT2D eigenvalue weighted by atomic mass is 127. The van der Waals surface area contributed by atoms with Crippen LogP contribution in [0.5, 0.6) is 0 Å². The van der Waals surface area contributed by atoms with Gasteiger partial charge in [0.2, 0.25) is 0 Å². The summed E-state index contributed by atoms with van der Waals surface area (Å²) in [6.07, 6.45) is 4.64. The minimum absolute atomic E-state index is 0. The van der Waals surface area contributed by atoms with E-state index in [2.05, 4.69) is 26.4 Å². The van der Waals surface area contributed by atoms with Gasteiger partial charge in [-0.25, -0.2) is 9.78 Å². The molecule has 1 amide bonds. The number of carbonyl (C=O) groups excluding carboxylic acids is 1. The van der Waals surface area contributed by atoms with Crippen LogP contribution in [0.25, 0.3) is 5.65 Å². The van der Waals surface area contributed by atoms with Gasteiger partial charge in [-0.2, -0.15) is 0 Å². The van der Waals surface area contributed by atoms with Gasteiger partial charge in [-0.15, -0.1) is 24.0 Å². The number of ether oxygens (including phenoxy) is 1. The molecule has 3 heterocycles. The molecule has 0 atom stereocenters. The van der Waals surface area contributed by atoms with Gasteiger partial charge in [-0.1, -0.05) is 6.07 Å². The van der Waals surface area contributed by atoms with Gasteiger partial charge in [0.05, 0.1) is 12.3 Å². The second-order valence-corrected chi connectivity index (χ2v) is 6.10. The number of nitrogens with one attached hydrogen (secondary N) is 1. The van der Waals surface area contributed by atoms with Crippen molar-refractivity contribution in [1.82, 2.24) is 24.5 Å². The van der Waals surface area contributed by atoms with E-state index in [1.807, 2.05) is 35.7 Å². The predicted octanol–water partition coefficient (Wildman–Crippen LogP) is 1.84. The molecule has 1 aliphatic heterocycles. The number of halogens is 1. The fourth-order valence-electron chi connectivity index (χ4n) is 3.06. The number of imidazole rings is 1. The highest BCUT2D eigenvalue weighted by Gasteiger charge is 2.23. The van der Waals surface area contributed by atoms with E-state index in [1.54, 1.807) is 11.9 Å². The van der Waals surface area contributed by atoms with Crippen molar-refractivity contribution in [1.29, 1.82) is 0 Å². The minimum Gasteiger partial charge on any atom is -0.450 e. The van der Waals surface area contributed by atoms with E-state index in [4.69, 9.17) is 4.74 Å². The van der Waals surface area contributed by atoms with Crippen LogP contribution < -0.4 is 5.32 Å². The Hall–Kier alpha value is -2.04. The van der Waals surface area contributed by atoms with Crippen LogP contribution in [0.1, 0.15) is 12.6 Å². The third-order valence-corrected chi connectivity index (χ3v) is 4.40. The summed E-state index contributed by atoms with van der Waals surface area (Å²) in [5.74, 6) is 0.859. The maximum absolute atomic E-state index is 11.8. The zero-order valence-corrected chi connectivity index (χ0v) is 18.1. The first kappa shape index (κ1) is 21.3. The van der Waals surface area contributed by atoms with Crippen molar-refractivity contribution >= 4 is 41.7 Å². The number of hydrogen-bond donors (Lipinski definition) is 1. The summed E-state index contributed by atoms with van der Waals surface area (Å²) in [6.45, 7) is 5.76. The van der Waals surface area contributed by atoms with E-state index in [-0.39, 0.29) is 30.1 Å². The van der Waals surface area contributed by atoms with Crippen molar-refractivity contribution in [2.75, 3.05) is 46.4 Å². The molecule has 0 unspecified atom stereocenters. The number of fused-ring (bicyclic) bond motifs is 1. The number of aliphatic imine (C=N–C) groups is 1. The first-order chi connectivity index (χ1) is 12.7. The molecule has 2 aromatic heterocycles. The van der Waals surface area contributed by atoms with Gasteiger partial charge in [-0.05, 0) is 19.1 Å². The van der Waals surface area contributed by atoms with E-state index >= 15 is 0 Å². The van der Waals surface area contributed by atoms with Gasteiger partial charge in [0, 0.05) is 58.6 Å². The largest absolute Gasteiger partial charge is 0.450 e. The summed E-state index contributed by atoms with van der Waals surface area (Å²) in [6, 6.07) is 5.98. The first-order valence-electron chi connectivity index (χ1n) is 9.01. The van der Waals surface area contributed by atoms with Crippen molar-refractivity contribution in [2.24, 2.45) is 4.99 Å². The molecule has 8 nitrogen and oxygen atoms in total. The Kier molecular flexibility index (Phi) is 8.14. The molecule has 0 aliphatic carbocycles. The van der Waals surface area contributed by atoms with Crippen LogP contribution in [-0.4, -0.2) is 77.6 Å². The number of rotatable bonds is 4. The minimum atomic E-state index is -0.234. The molecule has 9 heteroatoms. The number of amides is 1. The smallest absolute Gasteiger partial charge is 0.409 e. The number of guanidine groups is 1. The molecular weight excluding hydrogens is 459 g/mol. The van der Waals surface area contributed by atoms with Crippen LogP contribution in [0, 0.1) is 0 Å². The Labute approximate surface area is 176 Å². The van der Waals surface area contributed by atoms with Gasteiger partial charge in [0.1, 0.15) is 5.65 Å². The zero-order valence-electron chi connectivity index (χ0n) is 15.8. The molecule has 1 saturated heterocycles. The van der Waals surface area contributed by atoms with Gasteiger partial charge < -0.3 is 24.3 Å². The third kappa shape index (κ3) is 5.47. The average Bonchev–Trinajstić information content (AvgIpc) is 3.08. The van der Waals surface area contributed by atoms with Crippen LogP contribution in [0.4, 0.5) is 4.79 Å². The SMILES string of the molecule is CCOC(=O)N1CCN(C(=NC)NCCc2cn3ccccc3n2)CC1.I. The standard InChI is InChI=1S/C18H26N6O2.HI/c1-3-26-18(25)23-12-10-22(11-13-23)17(19-2)20-8-7-15-14-24-9-5-4-6-16(24)21-15;/h4-6,9,14H,3,7-8,10-13H2,1-2H3,(H,19,20);1H. The topological polar surface area (TPSA) is 74.5 Å². The molecule has 3 rings (SSSR count). The fraction of sp³-hybridized carbons (Fsp3) is 0.500. The Balaban J connectivity index is 0.00000261. The van der Waals surface area contributed by atoms with Crippen molar-refractivity contribution < 1.29 is 9.53 Å². The van der Waals surface area contributed by atoms with Crippen LogP contribution >= 0.6 is 24.0 Å². The van der Waals surface area contributed by atoms with Gasteiger partial charge in [0.25, 0.3) is 0 Å². The van der Waals surface area contributed by atoms with Crippen LogP contribution in [0.3, 0.4) is 0 Å². The third-order valence-electron chi connectivity index (χ3n) is 4.40. The molecule has 27 heavy (non-hydrogen) atoms. The number of hydrogen-bond acceptors (Lipinski definition) is 4. The van der Waals surface area contributed by atoms with Crippen LogP contribution in [0.2, 0.25) is 0 Å². The molecule has 0 bridgehead atoms. The van der Waals surface area contributed by atoms with Crippen LogP contribution in [0.15, 0.2) is 35.6 Å². The summed E-state index contributed by atoms with van der Waals surface area (Å²) >= 11 is 0. The van der Waals surface area contributed by atoms with E-state index in [9.17, 15) is 4.79 Å². The molecular formula is C18H27IN6O2. The van der Waals surface area contributed by atoms with Gasteiger partial charge in [-0.3, -0.25) is 4.99 Å². The lowest BCUT2D eigenvalue weighted by atomic mass is 10.3. The molecule has 148 valence electrons. The van der Waals surface area contributed by atoms with Crippen LogP contribution in [-0.2, 0) is 11.2 Å². The fourth-order valence-corrected chi connectivity index (χ4v) is 3.06. The Morgan fingerprint density at radius 2 is 2.00 bits per heavy atom. The average molecular weight is 486 g/mol. The van der Waals surface area contributed by atoms with Gasteiger partial charge >= 0.3 is 6.09 Å². The molecule has 1 N–H and O–H groups in total. The normalized spacial score (nSPS) is 14.8. The number of piperazine rings is 1.